The van der Waals surface area contributed by atoms with Gasteiger partial charge in [-0.3, -0.25) is 9.69 Å². The summed E-state index contributed by atoms with van der Waals surface area (Å²) in [7, 11) is 0. The SMILES string of the molecule is Cc1cc(C#C[C@]23C[C@H]2CN(CCF)C3)cc(C(=O)NC(c2ccc(F)cc2)c2cc(F)ccc2O)n1. The van der Waals surface area contributed by atoms with E-state index in [1.54, 1.807) is 19.1 Å². The van der Waals surface area contributed by atoms with Crippen molar-refractivity contribution in [3.8, 4) is 17.6 Å². The number of aromatic nitrogens is 1. The van der Waals surface area contributed by atoms with Crippen molar-refractivity contribution in [3.63, 3.8) is 0 Å². The van der Waals surface area contributed by atoms with Crippen molar-refractivity contribution in [2.45, 2.75) is 19.4 Å². The Bertz CT molecular complexity index is 1400. The molecule has 0 bridgehead atoms. The second-order valence-corrected chi connectivity index (χ2v) is 9.77. The lowest BCUT2D eigenvalue weighted by Crippen LogP contribution is -2.30. The van der Waals surface area contributed by atoms with Crippen LogP contribution in [0.2, 0.25) is 0 Å². The van der Waals surface area contributed by atoms with Crippen LogP contribution in [0.25, 0.3) is 0 Å². The number of amides is 1. The minimum absolute atomic E-state index is 0.114. The topological polar surface area (TPSA) is 65.5 Å². The second-order valence-electron chi connectivity index (χ2n) is 9.77. The fourth-order valence-corrected chi connectivity index (χ4v) is 5.08. The lowest BCUT2D eigenvalue weighted by molar-refractivity contribution is 0.0937. The molecule has 1 aliphatic carbocycles. The van der Waals surface area contributed by atoms with Gasteiger partial charge in [-0.05, 0) is 67.3 Å². The number of halogens is 3. The average molecular weight is 506 g/mol. The van der Waals surface area contributed by atoms with E-state index in [0.29, 0.717) is 29.3 Å². The van der Waals surface area contributed by atoms with E-state index in [1.165, 1.54) is 30.3 Å². The first-order chi connectivity index (χ1) is 17.8. The first kappa shape index (κ1) is 24.8. The molecule has 1 aliphatic heterocycles. The lowest BCUT2D eigenvalue weighted by atomic mass is 9.97. The van der Waals surface area contributed by atoms with Crippen molar-refractivity contribution in [1.82, 2.24) is 15.2 Å². The molecule has 5 rings (SSSR count). The molecule has 3 atom stereocenters. The van der Waals surface area contributed by atoms with Crippen LogP contribution < -0.4 is 5.32 Å². The molecule has 0 radical (unpaired) electrons. The molecule has 1 aromatic heterocycles. The van der Waals surface area contributed by atoms with Gasteiger partial charge in [0.15, 0.2) is 0 Å². The minimum atomic E-state index is -0.952. The number of pyridine rings is 1. The van der Waals surface area contributed by atoms with Gasteiger partial charge in [0.05, 0.1) is 6.04 Å². The highest BCUT2D eigenvalue weighted by atomic mass is 19.1. The zero-order valence-electron chi connectivity index (χ0n) is 20.3. The monoisotopic (exact) mass is 505 g/mol. The van der Waals surface area contributed by atoms with Crippen molar-refractivity contribution >= 4 is 5.91 Å². The number of aryl methyl sites for hydroxylation is 1. The third-order valence-corrected chi connectivity index (χ3v) is 7.04. The zero-order chi connectivity index (χ0) is 26.2. The largest absolute Gasteiger partial charge is 0.508 e. The van der Waals surface area contributed by atoms with Crippen LogP contribution in [0.4, 0.5) is 13.2 Å². The Hall–Kier alpha value is -3.83. The number of carbonyl (C=O) groups is 1. The molecule has 37 heavy (non-hydrogen) atoms. The van der Waals surface area contributed by atoms with E-state index in [0.717, 1.165) is 31.6 Å². The highest BCUT2D eigenvalue weighted by Gasteiger charge is 2.58. The van der Waals surface area contributed by atoms with Crippen LogP contribution in [0.15, 0.2) is 54.6 Å². The number of nitrogens with zero attached hydrogens (tertiary/aromatic N) is 2. The molecule has 8 heteroatoms. The Morgan fingerprint density at radius 3 is 2.70 bits per heavy atom. The van der Waals surface area contributed by atoms with Gasteiger partial charge in [-0.1, -0.05) is 24.0 Å². The lowest BCUT2D eigenvalue weighted by Gasteiger charge is -2.21. The summed E-state index contributed by atoms with van der Waals surface area (Å²) in [6.45, 7) is 3.43. The number of phenols is 1. The van der Waals surface area contributed by atoms with E-state index < -0.39 is 23.6 Å². The second kappa shape index (κ2) is 9.91. The van der Waals surface area contributed by atoms with Gasteiger partial charge in [-0.25, -0.2) is 18.2 Å². The summed E-state index contributed by atoms with van der Waals surface area (Å²) >= 11 is 0. The number of fused-ring (bicyclic) bond motifs is 1. The molecule has 3 aromatic rings. The summed E-state index contributed by atoms with van der Waals surface area (Å²) < 4.78 is 40.3. The fourth-order valence-electron chi connectivity index (χ4n) is 5.08. The maximum atomic E-state index is 14.0. The van der Waals surface area contributed by atoms with Gasteiger partial charge in [0, 0.05) is 41.9 Å². The van der Waals surface area contributed by atoms with Gasteiger partial charge in [0.1, 0.15) is 29.8 Å². The van der Waals surface area contributed by atoms with Crippen LogP contribution >= 0.6 is 0 Å². The van der Waals surface area contributed by atoms with E-state index >= 15 is 0 Å². The van der Waals surface area contributed by atoms with Gasteiger partial charge < -0.3 is 10.4 Å². The number of likely N-dealkylation sites (tertiary alicyclic amines) is 1. The predicted octanol–water partition coefficient (Wildman–Crippen LogP) is 4.54. The van der Waals surface area contributed by atoms with Crippen LogP contribution in [0.3, 0.4) is 0 Å². The van der Waals surface area contributed by atoms with Crippen LogP contribution in [0.5, 0.6) is 5.75 Å². The molecular formula is C29H26F3N3O2. The maximum absolute atomic E-state index is 14.0. The number of rotatable bonds is 6. The minimum Gasteiger partial charge on any atom is -0.508 e. The third-order valence-electron chi connectivity index (χ3n) is 7.04. The zero-order valence-corrected chi connectivity index (χ0v) is 20.3. The highest BCUT2D eigenvalue weighted by molar-refractivity contribution is 5.93. The predicted molar refractivity (Wildman–Crippen MR) is 133 cm³/mol. The van der Waals surface area contributed by atoms with Gasteiger partial charge in [0.25, 0.3) is 5.91 Å². The number of carbonyl (C=O) groups excluding carboxylic acids is 1. The molecule has 0 spiro atoms. The summed E-state index contributed by atoms with van der Waals surface area (Å²) in [4.78, 5) is 19.7. The molecule has 2 N–H and O–H groups in total. The highest BCUT2D eigenvalue weighted by Crippen LogP contribution is 2.57. The Morgan fingerprint density at radius 2 is 1.95 bits per heavy atom. The summed E-state index contributed by atoms with van der Waals surface area (Å²) in [5.74, 6) is 5.18. The molecular weight excluding hydrogens is 479 g/mol. The van der Waals surface area contributed by atoms with Crippen LogP contribution in [0.1, 0.15) is 45.3 Å². The molecule has 2 heterocycles. The van der Waals surface area contributed by atoms with E-state index in [1.807, 2.05) is 0 Å². The molecule has 1 saturated heterocycles. The van der Waals surface area contributed by atoms with E-state index in [4.69, 9.17) is 0 Å². The number of piperidine rings is 1. The van der Waals surface area contributed by atoms with E-state index in [-0.39, 0.29) is 29.1 Å². The molecule has 2 fully saturated rings. The van der Waals surface area contributed by atoms with Crippen molar-refractivity contribution in [3.05, 3.63) is 94.3 Å². The fraction of sp³-hybridized carbons (Fsp3) is 0.310. The molecule has 2 aromatic carbocycles. The number of alkyl halides is 1. The number of hydrogen-bond acceptors (Lipinski definition) is 4. The van der Waals surface area contributed by atoms with Gasteiger partial charge in [-0.2, -0.15) is 0 Å². The standard InChI is InChI=1S/C29H26F3N3O2/c1-18-12-19(8-9-29-15-21(29)16-35(17-29)11-10-30)13-25(33-18)28(37)34-27(20-2-4-22(31)5-3-20)24-14-23(32)6-7-26(24)36/h2-7,12-14,21,27,36H,10-11,15-17H2,1H3,(H,34,37)/t21-,27?,29+/m0/s1. The smallest absolute Gasteiger partial charge is 0.270 e. The van der Waals surface area contributed by atoms with Crippen LogP contribution in [-0.2, 0) is 0 Å². The van der Waals surface area contributed by atoms with Gasteiger partial charge in [-0.15, -0.1) is 0 Å². The average Bonchev–Trinajstić information content (AvgIpc) is 3.43. The number of aromatic hydroxyl groups is 1. The number of benzene rings is 2. The Morgan fingerprint density at radius 1 is 1.19 bits per heavy atom. The summed E-state index contributed by atoms with van der Waals surface area (Å²) in [5, 5.41) is 13.2. The number of nitrogens with one attached hydrogen (secondary N) is 1. The Labute approximate surface area is 213 Å². The van der Waals surface area contributed by atoms with Crippen molar-refractivity contribution in [2.24, 2.45) is 11.3 Å². The van der Waals surface area contributed by atoms with Gasteiger partial charge in [0.2, 0.25) is 0 Å². The van der Waals surface area contributed by atoms with Crippen LogP contribution in [0, 0.1) is 41.7 Å². The summed E-state index contributed by atoms with van der Waals surface area (Å²) in [6, 6.07) is 11.3. The quantitative estimate of drug-likeness (QED) is 0.483. The van der Waals surface area contributed by atoms with Crippen molar-refractivity contribution in [1.29, 1.82) is 0 Å². The number of phenolic OH excluding ortho intramolecular Hbond substituents is 1. The third kappa shape index (κ3) is 5.32. The van der Waals surface area contributed by atoms with E-state index in [9.17, 15) is 23.1 Å². The molecule has 1 saturated carbocycles. The summed E-state index contributed by atoms with van der Waals surface area (Å²) in [6.07, 6.45) is 0.997. The van der Waals surface area contributed by atoms with Crippen molar-refractivity contribution in [2.75, 3.05) is 26.3 Å². The Kier molecular flexibility index (Phi) is 6.65. The van der Waals surface area contributed by atoms with E-state index in [2.05, 4.69) is 27.0 Å². The normalized spacial score (nSPS) is 21.0. The Balaban J connectivity index is 1.41. The summed E-state index contributed by atoms with van der Waals surface area (Å²) in [5.41, 5.74) is 1.82. The number of hydrogen-bond donors (Lipinski definition) is 2. The molecule has 1 unspecified atom stereocenters. The first-order valence-electron chi connectivity index (χ1n) is 12.1. The molecule has 1 amide bonds. The van der Waals surface area contributed by atoms with Crippen LogP contribution in [-0.4, -0.2) is 47.2 Å². The maximum Gasteiger partial charge on any atom is 0.270 e. The molecule has 2 aliphatic rings. The molecule has 5 nitrogen and oxygen atoms in total. The van der Waals surface area contributed by atoms with Crippen molar-refractivity contribution < 1.29 is 23.1 Å². The van der Waals surface area contributed by atoms with Gasteiger partial charge >= 0.3 is 0 Å². The first-order valence-corrected chi connectivity index (χ1v) is 12.1. The molecule has 190 valence electrons.